The van der Waals surface area contributed by atoms with Gasteiger partial charge in [0.05, 0.1) is 24.3 Å². The zero-order valence-corrected chi connectivity index (χ0v) is 13.3. The zero-order valence-electron chi connectivity index (χ0n) is 12.5. The molecule has 4 nitrogen and oxygen atoms in total. The lowest BCUT2D eigenvalue weighted by Crippen LogP contribution is -2.45. The molecule has 0 spiro atoms. The quantitative estimate of drug-likeness (QED) is 0.933. The van der Waals surface area contributed by atoms with Crippen LogP contribution in [0.4, 0.5) is 0 Å². The molecule has 0 radical (unpaired) electrons. The third-order valence-electron chi connectivity index (χ3n) is 5.05. The summed E-state index contributed by atoms with van der Waals surface area (Å²) in [4.78, 5) is 16.3. The van der Waals surface area contributed by atoms with E-state index in [0.717, 1.165) is 19.3 Å². The van der Waals surface area contributed by atoms with Crippen LogP contribution in [0, 0.1) is 5.92 Å². The molecule has 3 aliphatic rings. The summed E-state index contributed by atoms with van der Waals surface area (Å²) in [7, 11) is 0. The van der Waals surface area contributed by atoms with Gasteiger partial charge >= 0.3 is 0 Å². The monoisotopic (exact) mass is 306 g/mol. The Morgan fingerprint density at radius 3 is 2.86 bits per heavy atom. The summed E-state index contributed by atoms with van der Waals surface area (Å²) in [6, 6.07) is 4.36. The van der Waals surface area contributed by atoms with Crippen LogP contribution in [0.2, 0.25) is 0 Å². The summed E-state index contributed by atoms with van der Waals surface area (Å²) in [5.41, 5.74) is 0. The molecule has 1 aromatic heterocycles. The van der Waals surface area contributed by atoms with Gasteiger partial charge in [0.1, 0.15) is 6.17 Å². The number of rotatable bonds is 3. The second kappa shape index (κ2) is 5.07. The highest BCUT2D eigenvalue weighted by Crippen LogP contribution is 2.42. The number of nitrogens with zero attached hydrogens (tertiary/aromatic N) is 1. The van der Waals surface area contributed by atoms with Crippen molar-refractivity contribution in [3.05, 3.63) is 22.4 Å². The number of nitrogens with one attached hydrogen (secondary N) is 1. The van der Waals surface area contributed by atoms with Crippen molar-refractivity contribution < 1.29 is 9.53 Å². The van der Waals surface area contributed by atoms with E-state index in [-0.39, 0.29) is 30.3 Å². The molecule has 0 aromatic carbocycles. The number of thiophene rings is 1. The van der Waals surface area contributed by atoms with Crippen molar-refractivity contribution in [1.82, 2.24) is 10.2 Å². The van der Waals surface area contributed by atoms with Gasteiger partial charge in [-0.25, -0.2) is 0 Å². The molecule has 0 aliphatic carbocycles. The smallest absolute Gasteiger partial charge is 0.241 e. The summed E-state index contributed by atoms with van der Waals surface area (Å²) in [6.07, 6.45) is 3.91. The first-order valence-electron chi connectivity index (χ1n) is 7.92. The number of hydrogen-bond donors (Lipinski definition) is 1. The first-order chi connectivity index (χ1) is 10.1. The molecule has 5 heteroatoms. The molecule has 5 atom stereocenters. The van der Waals surface area contributed by atoms with Crippen LogP contribution in [-0.4, -0.2) is 35.1 Å². The molecule has 3 saturated heterocycles. The van der Waals surface area contributed by atoms with Crippen LogP contribution in [-0.2, 0) is 9.53 Å². The van der Waals surface area contributed by atoms with Crippen LogP contribution in [0.25, 0.3) is 0 Å². The summed E-state index contributed by atoms with van der Waals surface area (Å²) < 4.78 is 5.99. The van der Waals surface area contributed by atoms with Crippen LogP contribution in [0.3, 0.4) is 0 Å². The standard InChI is InChI=1S/C16H22N2O2S/c1-9(2)14-16(19)18(11-8-10-5-6-12(11)20-10)15(17-14)13-4-3-7-21-13/h3-4,7,9-12,14-15,17H,5-6,8H2,1-2H3. The van der Waals surface area contributed by atoms with Crippen LogP contribution in [0.1, 0.15) is 44.2 Å². The van der Waals surface area contributed by atoms with Crippen LogP contribution in [0.5, 0.6) is 0 Å². The molecule has 3 fully saturated rings. The largest absolute Gasteiger partial charge is 0.373 e. The fourth-order valence-electron chi connectivity index (χ4n) is 4.01. The summed E-state index contributed by atoms with van der Waals surface area (Å²) in [6.45, 7) is 4.23. The number of fused-ring (bicyclic) bond motifs is 2. The maximum absolute atomic E-state index is 12.9. The maximum atomic E-state index is 12.9. The van der Waals surface area contributed by atoms with Crippen LogP contribution >= 0.6 is 11.3 Å². The normalized spacial score (nSPS) is 38.9. The lowest BCUT2D eigenvalue weighted by molar-refractivity contribution is -0.134. The molecule has 1 aromatic rings. The number of ether oxygens (including phenoxy) is 1. The molecule has 3 aliphatic heterocycles. The Morgan fingerprint density at radius 1 is 1.43 bits per heavy atom. The van der Waals surface area contributed by atoms with Crippen molar-refractivity contribution in [3.63, 3.8) is 0 Å². The molecule has 2 bridgehead atoms. The van der Waals surface area contributed by atoms with E-state index in [1.165, 1.54) is 4.88 Å². The number of carbonyl (C=O) groups excluding carboxylic acids is 1. The molecule has 0 saturated carbocycles. The van der Waals surface area contributed by atoms with E-state index in [9.17, 15) is 4.79 Å². The fourth-order valence-corrected chi connectivity index (χ4v) is 4.79. The fraction of sp³-hybridized carbons (Fsp3) is 0.688. The van der Waals surface area contributed by atoms with E-state index in [1.54, 1.807) is 11.3 Å². The van der Waals surface area contributed by atoms with Gasteiger partial charge in [-0.05, 0) is 36.6 Å². The Morgan fingerprint density at radius 2 is 2.29 bits per heavy atom. The van der Waals surface area contributed by atoms with Gasteiger partial charge < -0.3 is 9.64 Å². The van der Waals surface area contributed by atoms with Crippen molar-refractivity contribution >= 4 is 17.2 Å². The van der Waals surface area contributed by atoms with Gasteiger partial charge in [-0.1, -0.05) is 19.9 Å². The van der Waals surface area contributed by atoms with Gasteiger partial charge in [0, 0.05) is 4.88 Å². The third-order valence-corrected chi connectivity index (χ3v) is 5.97. The van der Waals surface area contributed by atoms with Crippen molar-refractivity contribution in [2.45, 2.75) is 63.6 Å². The van der Waals surface area contributed by atoms with Gasteiger partial charge in [0.2, 0.25) is 5.91 Å². The second-order valence-corrected chi connectivity index (χ2v) is 7.71. The van der Waals surface area contributed by atoms with Gasteiger partial charge in [0.25, 0.3) is 0 Å². The molecule has 114 valence electrons. The lowest BCUT2D eigenvalue weighted by atomic mass is 9.93. The lowest BCUT2D eigenvalue weighted by Gasteiger charge is -2.33. The Bertz CT molecular complexity index is 530. The minimum Gasteiger partial charge on any atom is -0.373 e. The molecule has 4 rings (SSSR count). The van der Waals surface area contributed by atoms with E-state index in [2.05, 4.69) is 41.6 Å². The minimum atomic E-state index is -0.0729. The highest BCUT2D eigenvalue weighted by atomic mass is 32.1. The first-order valence-corrected chi connectivity index (χ1v) is 8.80. The van der Waals surface area contributed by atoms with E-state index >= 15 is 0 Å². The summed E-state index contributed by atoms with van der Waals surface area (Å²) in [5, 5.41) is 5.64. The zero-order chi connectivity index (χ0) is 14.6. The molecule has 4 heterocycles. The van der Waals surface area contributed by atoms with Crippen molar-refractivity contribution in [3.8, 4) is 0 Å². The molecular formula is C16H22N2O2S. The van der Waals surface area contributed by atoms with Gasteiger partial charge in [-0.15, -0.1) is 11.3 Å². The Labute approximate surface area is 129 Å². The van der Waals surface area contributed by atoms with Crippen LogP contribution < -0.4 is 5.32 Å². The molecular weight excluding hydrogens is 284 g/mol. The second-order valence-electron chi connectivity index (χ2n) is 6.73. The van der Waals surface area contributed by atoms with E-state index in [1.807, 2.05) is 0 Å². The Balaban J connectivity index is 1.66. The Kier molecular flexibility index (Phi) is 3.32. The predicted molar refractivity (Wildman–Crippen MR) is 82.0 cm³/mol. The first kappa shape index (κ1) is 13.7. The topological polar surface area (TPSA) is 41.6 Å². The van der Waals surface area contributed by atoms with Gasteiger partial charge in [-0.3, -0.25) is 10.1 Å². The average Bonchev–Trinajstić information content (AvgIpc) is 3.21. The van der Waals surface area contributed by atoms with Gasteiger partial charge in [-0.2, -0.15) is 0 Å². The number of amides is 1. The third kappa shape index (κ3) is 2.14. The number of hydrogen-bond acceptors (Lipinski definition) is 4. The molecule has 1 N–H and O–H groups in total. The number of carbonyl (C=O) groups is 1. The Hall–Kier alpha value is -0.910. The minimum absolute atomic E-state index is 0.0258. The van der Waals surface area contributed by atoms with Gasteiger partial charge in [0.15, 0.2) is 0 Å². The SMILES string of the molecule is CC(C)C1NC(c2cccs2)N(C2CC3CCC2O3)C1=O. The van der Waals surface area contributed by atoms with Crippen molar-refractivity contribution in [2.24, 2.45) is 5.92 Å². The van der Waals surface area contributed by atoms with Crippen LogP contribution in [0.15, 0.2) is 17.5 Å². The predicted octanol–water partition coefficient (Wildman–Crippen LogP) is 2.52. The summed E-state index contributed by atoms with van der Waals surface area (Å²) >= 11 is 1.72. The molecule has 5 unspecified atom stereocenters. The summed E-state index contributed by atoms with van der Waals surface area (Å²) in [5.74, 6) is 0.564. The average molecular weight is 306 g/mol. The van der Waals surface area contributed by atoms with E-state index in [4.69, 9.17) is 4.74 Å². The molecule has 1 amide bonds. The molecule has 21 heavy (non-hydrogen) atoms. The van der Waals surface area contributed by atoms with E-state index in [0.29, 0.717) is 12.0 Å². The highest BCUT2D eigenvalue weighted by molar-refractivity contribution is 7.10. The highest BCUT2D eigenvalue weighted by Gasteiger charge is 2.52. The maximum Gasteiger partial charge on any atom is 0.241 e. The van der Waals surface area contributed by atoms with Crippen molar-refractivity contribution in [2.75, 3.05) is 0 Å². The van der Waals surface area contributed by atoms with E-state index < -0.39 is 0 Å². The van der Waals surface area contributed by atoms with Crippen molar-refractivity contribution in [1.29, 1.82) is 0 Å².